The van der Waals surface area contributed by atoms with Crippen LogP contribution in [0.2, 0.25) is 0 Å². The number of pyridine rings is 1. The number of hydrogen-bond donors (Lipinski definition) is 0. The summed E-state index contributed by atoms with van der Waals surface area (Å²) in [7, 11) is 1.64. The number of methoxy groups -OCH3 is 1. The Bertz CT molecular complexity index is 996. The van der Waals surface area contributed by atoms with Crippen LogP contribution in [0.25, 0.3) is 0 Å². The number of rotatable bonds is 4. The van der Waals surface area contributed by atoms with Crippen molar-refractivity contribution in [1.82, 2.24) is 9.99 Å². The van der Waals surface area contributed by atoms with Crippen molar-refractivity contribution in [2.45, 2.75) is 19.4 Å². The molecule has 3 aromatic rings. The van der Waals surface area contributed by atoms with E-state index in [1.54, 1.807) is 36.6 Å². The number of carbonyl (C=O) groups is 1. The van der Waals surface area contributed by atoms with Crippen molar-refractivity contribution in [3.05, 3.63) is 95.3 Å². The molecule has 2 heterocycles. The predicted octanol–water partition coefficient (Wildman–Crippen LogP) is 4.39. The van der Waals surface area contributed by atoms with Gasteiger partial charge in [-0.15, -0.1) is 0 Å². The van der Waals surface area contributed by atoms with Crippen molar-refractivity contribution >= 4 is 11.6 Å². The normalized spacial score (nSPS) is 16.0. The first-order chi connectivity index (χ1) is 13.7. The number of hydrogen-bond acceptors (Lipinski definition) is 4. The molecule has 1 aliphatic heterocycles. The molecule has 1 aliphatic rings. The van der Waals surface area contributed by atoms with Gasteiger partial charge >= 0.3 is 0 Å². The highest BCUT2D eigenvalue weighted by molar-refractivity contribution is 6.05. The van der Waals surface area contributed by atoms with Crippen molar-refractivity contribution in [2.24, 2.45) is 5.10 Å². The molecule has 1 unspecified atom stereocenters. The Balaban J connectivity index is 1.71. The second-order valence-corrected chi connectivity index (χ2v) is 6.79. The quantitative estimate of drug-likeness (QED) is 0.683. The molecule has 1 aromatic heterocycles. The van der Waals surface area contributed by atoms with Crippen molar-refractivity contribution in [1.29, 1.82) is 0 Å². The molecule has 5 heteroatoms. The predicted molar refractivity (Wildman–Crippen MR) is 108 cm³/mol. The maximum absolute atomic E-state index is 13.2. The summed E-state index contributed by atoms with van der Waals surface area (Å²) in [5, 5.41) is 6.30. The fourth-order valence-electron chi connectivity index (χ4n) is 3.33. The van der Waals surface area contributed by atoms with E-state index in [1.165, 1.54) is 5.56 Å². The minimum atomic E-state index is -0.164. The summed E-state index contributed by atoms with van der Waals surface area (Å²) in [4.78, 5) is 17.2. The van der Waals surface area contributed by atoms with E-state index in [2.05, 4.69) is 36.2 Å². The Morgan fingerprint density at radius 2 is 1.68 bits per heavy atom. The van der Waals surface area contributed by atoms with Crippen LogP contribution in [0.15, 0.2) is 78.2 Å². The summed E-state index contributed by atoms with van der Waals surface area (Å²) in [6.45, 7) is 2.06. The SMILES string of the molecule is COc1ccc(C2CC(c3ccc(C)cc3)=NN2C(=O)c2ccncc2)cc1. The first kappa shape index (κ1) is 17.9. The summed E-state index contributed by atoms with van der Waals surface area (Å²) in [6, 6.07) is 19.3. The zero-order valence-corrected chi connectivity index (χ0v) is 15.9. The second-order valence-electron chi connectivity index (χ2n) is 6.79. The van der Waals surface area contributed by atoms with Gasteiger partial charge in [0.25, 0.3) is 5.91 Å². The number of carbonyl (C=O) groups excluding carboxylic acids is 1. The summed E-state index contributed by atoms with van der Waals surface area (Å²) < 4.78 is 5.26. The lowest BCUT2D eigenvalue weighted by molar-refractivity contribution is 0.0711. The van der Waals surface area contributed by atoms with E-state index >= 15 is 0 Å². The molecule has 1 amide bonds. The van der Waals surface area contributed by atoms with Crippen LogP contribution < -0.4 is 4.74 Å². The minimum absolute atomic E-state index is 0.134. The molecule has 0 aliphatic carbocycles. The molecule has 0 spiro atoms. The fourth-order valence-corrected chi connectivity index (χ4v) is 3.33. The maximum atomic E-state index is 13.2. The molecule has 0 saturated carbocycles. The number of benzene rings is 2. The summed E-state index contributed by atoms with van der Waals surface area (Å²) >= 11 is 0. The third kappa shape index (κ3) is 3.51. The van der Waals surface area contributed by atoms with Gasteiger partial charge in [0.15, 0.2) is 0 Å². The third-order valence-corrected chi connectivity index (χ3v) is 4.93. The van der Waals surface area contributed by atoms with Gasteiger partial charge in [0.1, 0.15) is 5.75 Å². The molecular formula is C23H21N3O2. The highest BCUT2D eigenvalue weighted by Gasteiger charge is 2.33. The highest BCUT2D eigenvalue weighted by Crippen LogP contribution is 2.34. The van der Waals surface area contributed by atoms with E-state index in [0.29, 0.717) is 12.0 Å². The number of ether oxygens (including phenoxy) is 1. The van der Waals surface area contributed by atoms with E-state index in [-0.39, 0.29) is 11.9 Å². The highest BCUT2D eigenvalue weighted by atomic mass is 16.5. The number of hydrazone groups is 1. The van der Waals surface area contributed by atoms with Gasteiger partial charge in [0, 0.05) is 24.4 Å². The lowest BCUT2D eigenvalue weighted by Gasteiger charge is -2.22. The average Bonchev–Trinajstić information content (AvgIpc) is 3.20. The Morgan fingerprint density at radius 3 is 2.32 bits per heavy atom. The van der Waals surface area contributed by atoms with Gasteiger partial charge in [0.2, 0.25) is 0 Å². The zero-order chi connectivity index (χ0) is 19.5. The van der Waals surface area contributed by atoms with Gasteiger partial charge in [-0.3, -0.25) is 9.78 Å². The molecule has 0 bridgehead atoms. The van der Waals surface area contributed by atoms with Crippen LogP contribution in [-0.4, -0.2) is 28.7 Å². The Labute approximate surface area is 164 Å². The van der Waals surface area contributed by atoms with Gasteiger partial charge in [-0.25, -0.2) is 5.01 Å². The average molecular weight is 371 g/mol. The van der Waals surface area contributed by atoms with Crippen LogP contribution in [-0.2, 0) is 0 Å². The van der Waals surface area contributed by atoms with Crippen LogP contribution in [0.1, 0.15) is 39.5 Å². The van der Waals surface area contributed by atoms with E-state index in [9.17, 15) is 4.79 Å². The van der Waals surface area contributed by atoms with E-state index in [0.717, 1.165) is 22.6 Å². The fraction of sp³-hybridized carbons (Fsp3) is 0.174. The summed E-state index contributed by atoms with van der Waals surface area (Å²) in [5.74, 6) is 0.652. The molecule has 0 radical (unpaired) electrons. The van der Waals surface area contributed by atoms with Gasteiger partial charge in [-0.2, -0.15) is 5.10 Å². The van der Waals surface area contributed by atoms with Crippen LogP contribution in [0, 0.1) is 6.92 Å². The molecule has 28 heavy (non-hydrogen) atoms. The van der Waals surface area contributed by atoms with Crippen molar-refractivity contribution in [2.75, 3.05) is 7.11 Å². The first-order valence-corrected chi connectivity index (χ1v) is 9.18. The van der Waals surface area contributed by atoms with Crippen molar-refractivity contribution in [3.63, 3.8) is 0 Å². The molecular weight excluding hydrogens is 350 g/mol. The molecule has 1 atom stereocenters. The largest absolute Gasteiger partial charge is 0.497 e. The van der Waals surface area contributed by atoms with Crippen LogP contribution in [0.5, 0.6) is 5.75 Å². The third-order valence-electron chi connectivity index (χ3n) is 4.93. The zero-order valence-electron chi connectivity index (χ0n) is 15.9. The Hall–Kier alpha value is -3.47. The van der Waals surface area contributed by atoms with Crippen molar-refractivity contribution in [3.8, 4) is 5.75 Å². The molecule has 0 fully saturated rings. The second kappa shape index (κ2) is 7.64. The number of amides is 1. The monoisotopic (exact) mass is 371 g/mol. The summed E-state index contributed by atoms with van der Waals surface area (Å²) in [5.41, 5.74) is 4.73. The molecule has 0 N–H and O–H groups in total. The Kier molecular flexibility index (Phi) is 4.89. The standard InChI is InChI=1S/C23H21N3O2/c1-16-3-5-17(6-4-16)21-15-22(18-7-9-20(28-2)10-8-18)26(25-21)23(27)19-11-13-24-14-12-19/h3-14,22H,15H2,1-2H3. The van der Waals surface area contributed by atoms with Gasteiger partial charge in [-0.05, 0) is 42.3 Å². The van der Waals surface area contributed by atoms with Gasteiger partial charge < -0.3 is 4.74 Å². The van der Waals surface area contributed by atoms with Gasteiger partial charge in [0.05, 0.1) is 18.9 Å². The van der Waals surface area contributed by atoms with Crippen LogP contribution in [0.4, 0.5) is 0 Å². The van der Waals surface area contributed by atoms with Crippen LogP contribution in [0.3, 0.4) is 0 Å². The molecule has 140 valence electrons. The minimum Gasteiger partial charge on any atom is -0.497 e. The number of aromatic nitrogens is 1. The summed E-state index contributed by atoms with van der Waals surface area (Å²) in [6.07, 6.45) is 3.90. The number of nitrogens with zero attached hydrogens (tertiary/aromatic N) is 3. The van der Waals surface area contributed by atoms with E-state index in [4.69, 9.17) is 9.84 Å². The molecule has 2 aromatic carbocycles. The van der Waals surface area contributed by atoms with Crippen molar-refractivity contribution < 1.29 is 9.53 Å². The van der Waals surface area contributed by atoms with E-state index in [1.807, 2.05) is 24.3 Å². The van der Waals surface area contributed by atoms with E-state index < -0.39 is 0 Å². The smallest absolute Gasteiger partial charge is 0.274 e. The lowest BCUT2D eigenvalue weighted by atomic mass is 9.97. The maximum Gasteiger partial charge on any atom is 0.274 e. The molecule has 0 saturated heterocycles. The Morgan fingerprint density at radius 1 is 1.00 bits per heavy atom. The number of aryl methyl sites for hydroxylation is 1. The topological polar surface area (TPSA) is 54.8 Å². The van der Waals surface area contributed by atoms with Gasteiger partial charge in [-0.1, -0.05) is 42.0 Å². The lowest BCUT2D eigenvalue weighted by Crippen LogP contribution is -2.27. The molecule has 5 nitrogen and oxygen atoms in total. The first-order valence-electron chi connectivity index (χ1n) is 9.18. The van der Waals surface area contributed by atoms with Crippen LogP contribution >= 0.6 is 0 Å². The molecule has 4 rings (SSSR count).